The second-order valence-electron chi connectivity index (χ2n) is 10.7. The Labute approximate surface area is 267 Å². The molecule has 228 valence electrons. The highest BCUT2D eigenvalue weighted by molar-refractivity contribution is 6.42. The predicted molar refractivity (Wildman–Crippen MR) is 170 cm³/mol. The normalized spacial score (nSPS) is 15.2. The molecule has 0 spiro atoms. The first-order chi connectivity index (χ1) is 21.1. The quantitative estimate of drug-likeness (QED) is 0.234. The number of hydrogen-bond donors (Lipinski definition) is 1. The van der Waals surface area contributed by atoms with Gasteiger partial charge in [0.15, 0.2) is 0 Å². The van der Waals surface area contributed by atoms with E-state index in [-0.39, 0.29) is 23.0 Å². The lowest BCUT2D eigenvalue weighted by molar-refractivity contribution is -0.138. The molecule has 2 aliphatic rings. The highest BCUT2D eigenvalue weighted by Gasteiger charge is 2.34. The molecule has 1 aromatic heterocycles. The molecule has 0 radical (unpaired) electrons. The number of alkyl halides is 3. The molecule has 3 heterocycles. The Hall–Kier alpha value is -3.66. The summed E-state index contributed by atoms with van der Waals surface area (Å²) in [6.45, 7) is 3.44. The van der Waals surface area contributed by atoms with Crippen molar-refractivity contribution in [2.45, 2.75) is 12.7 Å². The minimum atomic E-state index is -4.50. The number of pyridine rings is 1. The van der Waals surface area contributed by atoms with Crippen LogP contribution in [-0.4, -0.2) is 55.1 Å². The summed E-state index contributed by atoms with van der Waals surface area (Å²) in [6, 6.07) is 18.4. The smallest absolute Gasteiger partial charge is 0.368 e. The number of piperazine rings is 1. The summed E-state index contributed by atoms with van der Waals surface area (Å²) in [6.07, 6.45) is -2.80. The topological polar surface area (TPSA) is 51.7 Å². The van der Waals surface area contributed by atoms with E-state index < -0.39 is 11.7 Å². The fraction of sp³-hybridized carbons (Fsp3) is 0.250. The van der Waals surface area contributed by atoms with Crippen LogP contribution < -0.4 is 15.1 Å². The molecule has 1 N–H and O–H groups in total. The number of benzene rings is 3. The third-order valence-electron chi connectivity index (χ3n) is 7.89. The average Bonchev–Trinajstić information content (AvgIpc) is 3.01. The lowest BCUT2D eigenvalue weighted by atomic mass is 10.0. The van der Waals surface area contributed by atoms with Gasteiger partial charge in [-0.15, -0.1) is 0 Å². The van der Waals surface area contributed by atoms with Crippen LogP contribution in [0.3, 0.4) is 0 Å². The van der Waals surface area contributed by atoms with Crippen LogP contribution in [0.25, 0.3) is 11.1 Å². The Morgan fingerprint density at radius 3 is 2.41 bits per heavy atom. The van der Waals surface area contributed by atoms with Crippen molar-refractivity contribution in [3.63, 3.8) is 0 Å². The molecular formula is C32H27Cl3F3N5O. The van der Waals surface area contributed by atoms with Crippen LogP contribution in [0, 0.1) is 0 Å². The van der Waals surface area contributed by atoms with Gasteiger partial charge in [0.2, 0.25) is 0 Å². The van der Waals surface area contributed by atoms with Gasteiger partial charge in [-0.3, -0.25) is 4.79 Å². The Morgan fingerprint density at radius 2 is 1.66 bits per heavy atom. The molecule has 2 aliphatic heterocycles. The van der Waals surface area contributed by atoms with E-state index in [0.717, 1.165) is 22.9 Å². The Bertz CT molecular complexity index is 1710. The largest absolute Gasteiger partial charge is 0.416 e. The summed E-state index contributed by atoms with van der Waals surface area (Å²) in [5.41, 5.74) is 3.10. The monoisotopic (exact) mass is 659 g/mol. The Balaban J connectivity index is 1.20. The van der Waals surface area contributed by atoms with E-state index in [1.54, 1.807) is 18.3 Å². The molecule has 1 saturated heterocycles. The third kappa shape index (κ3) is 6.41. The van der Waals surface area contributed by atoms with Gasteiger partial charge in [-0.1, -0.05) is 46.9 Å². The zero-order valence-corrected chi connectivity index (χ0v) is 25.6. The fourth-order valence-electron chi connectivity index (χ4n) is 5.62. The number of halogens is 6. The first-order valence-corrected chi connectivity index (χ1v) is 15.1. The molecule has 6 nitrogen and oxygen atoms in total. The Kier molecular flexibility index (Phi) is 8.55. The molecule has 1 amide bonds. The van der Waals surface area contributed by atoms with E-state index in [0.29, 0.717) is 66.4 Å². The Morgan fingerprint density at radius 1 is 0.864 bits per heavy atom. The summed E-state index contributed by atoms with van der Waals surface area (Å²) in [7, 11) is 0. The summed E-state index contributed by atoms with van der Waals surface area (Å²) < 4.78 is 41.2. The van der Waals surface area contributed by atoms with Crippen molar-refractivity contribution in [1.29, 1.82) is 0 Å². The van der Waals surface area contributed by atoms with E-state index >= 15 is 0 Å². The van der Waals surface area contributed by atoms with Crippen molar-refractivity contribution in [2.75, 3.05) is 54.4 Å². The predicted octanol–water partition coefficient (Wildman–Crippen LogP) is 8.12. The van der Waals surface area contributed by atoms with E-state index in [2.05, 4.69) is 15.2 Å². The lowest BCUT2D eigenvalue weighted by Gasteiger charge is -2.36. The number of carbonyl (C=O) groups excluding carboxylic acids is 1. The maximum Gasteiger partial charge on any atom is 0.416 e. The van der Waals surface area contributed by atoms with Crippen molar-refractivity contribution < 1.29 is 18.0 Å². The molecule has 44 heavy (non-hydrogen) atoms. The summed E-state index contributed by atoms with van der Waals surface area (Å²) in [4.78, 5) is 23.9. The zero-order valence-electron chi connectivity index (χ0n) is 23.3. The first-order valence-electron chi connectivity index (χ1n) is 14.0. The summed E-state index contributed by atoms with van der Waals surface area (Å²) in [5.74, 6) is 0.512. The second kappa shape index (κ2) is 12.4. The minimum Gasteiger partial charge on any atom is -0.368 e. The van der Waals surface area contributed by atoms with E-state index in [4.69, 9.17) is 34.8 Å². The second-order valence-corrected chi connectivity index (χ2v) is 11.9. The van der Waals surface area contributed by atoms with Crippen molar-refractivity contribution in [1.82, 2.24) is 9.88 Å². The number of nitrogens with one attached hydrogen (secondary N) is 1. The minimum absolute atomic E-state index is 0.0158. The van der Waals surface area contributed by atoms with Crippen LogP contribution in [0.5, 0.6) is 0 Å². The maximum absolute atomic E-state index is 13.7. The van der Waals surface area contributed by atoms with Gasteiger partial charge in [0.1, 0.15) is 5.82 Å². The molecule has 0 unspecified atom stereocenters. The van der Waals surface area contributed by atoms with Crippen molar-refractivity contribution in [2.24, 2.45) is 0 Å². The third-order valence-corrected chi connectivity index (χ3v) is 8.87. The van der Waals surface area contributed by atoms with Gasteiger partial charge in [-0.25, -0.2) is 4.98 Å². The van der Waals surface area contributed by atoms with Crippen LogP contribution >= 0.6 is 34.8 Å². The number of rotatable bonds is 5. The number of carbonyl (C=O) groups is 1. The van der Waals surface area contributed by atoms with Crippen LogP contribution in [0.15, 0.2) is 72.9 Å². The molecule has 0 bridgehead atoms. The van der Waals surface area contributed by atoms with E-state index in [9.17, 15) is 18.0 Å². The van der Waals surface area contributed by atoms with E-state index in [1.165, 1.54) is 12.1 Å². The molecule has 12 heteroatoms. The highest BCUT2D eigenvalue weighted by atomic mass is 35.5. The summed E-state index contributed by atoms with van der Waals surface area (Å²) in [5, 5.41) is 4.46. The molecule has 4 aromatic rings. The van der Waals surface area contributed by atoms with Crippen LogP contribution in [0.2, 0.25) is 15.1 Å². The van der Waals surface area contributed by atoms with Gasteiger partial charge in [-0.2, -0.15) is 13.2 Å². The van der Waals surface area contributed by atoms with Crippen molar-refractivity contribution in [3.05, 3.63) is 105 Å². The number of fused-ring (bicyclic) bond motifs is 1. The highest BCUT2D eigenvalue weighted by Crippen LogP contribution is 2.37. The molecule has 1 fully saturated rings. The number of aromatic nitrogens is 1. The molecule has 0 saturated carbocycles. The van der Waals surface area contributed by atoms with Gasteiger partial charge in [0, 0.05) is 73.8 Å². The van der Waals surface area contributed by atoms with Gasteiger partial charge in [0.05, 0.1) is 21.3 Å². The van der Waals surface area contributed by atoms with Crippen molar-refractivity contribution >= 4 is 57.9 Å². The van der Waals surface area contributed by atoms with Crippen LogP contribution in [0.4, 0.5) is 30.4 Å². The molecule has 6 rings (SSSR count). The van der Waals surface area contributed by atoms with Gasteiger partial charge >= 0.3 is 6.18 Å². The number of anilines is 3. The fourth-order valence-corrected chi connectivity index (χ4v) is 6.11. The SMILES string of the molecule is O=C(c1cccc(-c2cnc3c(c2)N(Cc2cc(Cl)ccc2C(F)(F)F)CCN3)c1)N1CCN(c2ccc(Cl)c(Cl)c2)CC1. The van der Waals surface area contributed by atoms with Crippen molar-refractivity contribution in [3.8, 4) is 11.1 Å². The summed E-state index contributed by atoms with van der Waals surface area (Å²) >= 11 is 18.3. The lowest BCUT2D eigenvalue weighted by Crippen LogP contribution is -2.48. The van der Waals surface area contributed by atoms with Crippen LogP contribution in [-0.2, 0) is 12.7 Å². The number of hydrogen-bond acceptors (Lipinski definition) is 5. The van der Waals surface area contributed by atoms with Crippen LogP contribution in [0.1, 0.15) is 21.5 Å². The first kappa shape index (κ1) is 30.4. The molecule has 0 atom stereocenters. The molecular weight excluding hydrogens is 634 g/mol. The van der Waals surface area contributed by atoms with Gasteiger partial charge < -0.3 is 20.0 Å². The van der Waals surface area contributed by atoms with E-state index in [1.807, 2.05) is 46.2 Å². The maximum atomic E-state index is 13.7. The standard InChI is InChI=1S/C32H27Cl3F3N5O/c33-24-4-6-26(32(36,37)38)23(15-24)19-43-9-8-39-30-29(43)16-22(18-40-30)20-2-1-3-21(14-20)31(44)42-12-10-41(11-13-42)25-5-7-27(34)28(35)17-25/h1-7,14-18H,8-13,19H2,(H,39,40). The number of nitrogens with zero attached hydrogens (tertiary/aromatic N) is 4. The van der Waals surface area contributed by atoms with Gasteiger partial charge in [-0.05, 0) is 65.7 Å². The number of amides is 1. The molecule has 3 aromatic carbocycles. The van der Waals surface area contributed by atoms with Gasteiger partial charge in [0.25, 0.3) is 5.91 Å². The average molecular weight is 661 g/mol. The molecule has 0 aliphatic carbocycles. The zero-order chi connectivity index (χ0) is 31.0.